The third kappa shape index (κ3) is 3.33. The number of allylic oxidation sites excluding steroid dienone is 7. The van der Waals surface area contributed by atoms with Gasteiger partial charge in [-0.2, -0.15) is 0 Å². The van der Waals surface area contributed by atoms with Gasteiger partial charge in [-0.15, -0.1) is 0 Å². The summed E-state index contributed by atoms with van der Waals surface area (Å²) in [5.74, 6) is 3.64. The van der Waals surface area contributed by atoms with E-state index in [-0.39, 0.29) is 5.41 Å². The molecule has 2 fully saturated rings. The van der Waals surface area contributed by atoms with Crippen LogP contribution in [-0.4, -0.2) is 5.78 Å². The molecule has 0 N–H and O–H groups in total. The molecule has 4 rings (SSSR count). The van der Waals surface area contributed by atoms with Crippen LogP contribution in [0.4, 0.5) is 0 Å². The first-order chi connectivity index (χ1) is 13.7. The van der Waals surface area contributed by atoms with Crippen molar-refractivity contribution in [2.24, 2.45) is 40.4 Å². The molecule has 0 aromatic carbocycles. The van der Waals surface area contributed by atoms with Crippen molar-refractivity contribution in [2.45, 2.75) is 79.6 Å². The Morgan fingerprint density at radius 3 is 2.62 bits per heavy atom. The van der Waals surface area contributed by atoms with Gasteiger partial charge in [0.1, 0.15) is 0 Å². The van der Waals surface area contributed by atoms with Gasteiger partial charge in [-0.3, -0.25) is 4.79 Å². The molecule has 7 unspecified atom stereocenters. The van der Waals surface area contributed by atoms with Crippen LogP contribution >= 0.6 is 0 Å². The van der Waals surface area contributed by atoms with Gasteiger partial charge in [-0.05, 0) is 91.9 Å². The minimum Gasteiger partial charge on any atom is -0.295 e. The Kier molecular flexibility index (Phi) is 5.33. The van der Waals surface area contributed by atoms with Gasteiger partial charge in [-0.1, -0.05) is 69.2 Å². The Morgan fingerprint density at radius 1 is 1.14 bits per heavy atom. The third-order valence-electron chi connectivity index (χ3n) is 9.59. The lowest BCUT2D eigenvalue weighted by Crippen LogP contribution is -2.46. The van der Waals surface area contributed by atoms with E-state index in [0.29, 0.717) is 29.0 Å². The molecule has 0 radical (unpaired) electrons. The second kappa shape index (κ2) is 7.40. The standard InChI is InChI=1S/C28H40O/c1-18(2)19(3)7-8-20(4)24-11-12-25-23-10-9-21-17-22(29)13-15-27(21,5)26(23)14-16-28(24,25)6/h7-8,10,17,19-20,24-26H,1,9,11-16H2,2-6H3. The molecule has 29 heavy (non-hydrogen) atoms. The summed E-state index contributed by atoms with van der Waals surface area (Å²) in [5, 5.41) is 0. The monoisotopic (exact) mass is 392 g/mol. The summed E-state index contributed by atoms with van der Waals surface area (Å²) in [5.41, 5.74) is 5.10. The van der Waals surface area contributed by atoms with Crippen LogP contribution in [0, 0.1) is 40.4 Å². The number of carbonyl (C=O) groups excluding carboxylic acids is 1. The van der Waals surface area contributed by atoms with E-state index in [2.05, 4.69) is 59.4 Å². The molecule has 4 aliphatic rings. The maximum absolute atomic E-state index is 12.0. The highest BCUT2D eigenvalue weighted by Crippen LogP contribution is 2.66. The van der Waals surface area contributed by atoms with E-state index in [4.69, 9.17) is 0 Å². The van der Waals surface area contributed by atoms with Crippen LogP contribution in [0.2, 0.25) is 0 Å². The maximum atomic E-state index is 12.0. The first kappa shape index (κ1) is 20.9. The van der Waals surface area contributed by atoms with Crippen LogP contribution in [0.3, 0.4) is 0 Å². The molecule has 4 aliphatic carbocycles. The second-order valence-corrected chi connectivity index (χ2v) is 11.2. The molecule has 158 valence electrons. The van der Waals surface area contributed by atoms with Crippen molar-refractivity contribution in [2.75, 3.05) is 0 Å². The van der Waals surface area contributed by atoms with Crippen LogP contribution in [0.1, 0.15) is 79.6 Å². The number of carbonyl (C=O) groups is 1. The van der Waals surface area contributed by atoms with E-state index >= 15 is 0 Å². The molecule has 0 saturated heterocycles. The van der Waals surface area contributed by atoms with E-state index < -0.39 is 0 Å². The van der Waals surface area contributed by atoms with Crippen LogP contribution in [-0.2, 0) is 4.79 Å². The highest BCUT2D eigenvalue weighted by molar-refractivity contribution is 5.91. The molecular weight excluding hydrogens is 352 g/mol. The number of rotatable bonds is 4. The van der Waals surface area contributed by atoms with Crippen LogP contribution in [0.25, 0.3) is 0 Å². The molecular formula is C28H40O. The van der Waals surface area contributed by atoms with Gasteiger partial charge < -0.3 is 0 Å². The SMILES string of the molecule is C=C(C)C(C)C=CC(C)C1CCC2C3=CCC4=CC(=O)CCC4(C)C3CCC21C. The first-order valence-corrected chi connectivity index (χ1v) is 11.9. The van der Waals surface area contributed by atoms with Crippen molar-refractivity contribution in [1.29, 1.82) is 0 Å². The van der Waals surface area contributed by atoms with Crippen molar-refractivity contribution < 1.29 is 4.79 Å². The second-order valence-electron chi connectivity index (χ2n) is 11.2. The summed E-state index contributed by atoms with van der Waals surface area (Å²) in [6.07, 6.45) is 17.6. The van der Waals surface area contributed by atoms with Crippen molar-refractivity contribution >= 4 is 5.78 Å². The Hall–Kier alpha value is -1.37. The predicted octanol–water partition coefficient (Wildman–Crippen LogP) is 7.46. The normalized spacial score (nSPS) is 41.1. The zero-order valence-electron chi connectivity index (χ0n) is 19.3. The van der Waals surface area contributed by atoms with Gasteiger partial charge >= 0.3 is 0 Å². The highest BCUT2D eigenvalue weighted by atomic mass is 16.1. The molecule has 0 bridgehead atoms. The number of ketones is 1. The fourth-order valence-corrected chi connectivity index (χ4v) is 7.40. The van der Waals surface area contributed by atoms with Crippen LogP contribution in [0.5, 0.6) is 0 Å². The van der Waals surface area contributed by atoms with Crippen molar-refractivity contribution in [3.8, 4) is 0 Å². The number of hydrogen-bond donors (Lipinski definition) is 0. The minimum absolute atomic E-state index is 0.236. The largest absolute Gasteiger partial charge is 0.295 e. The zero-order chi connectivity index (χ0) is 21.0. The Balaban J connectivity index is 1.58. The molecule has 2 saturated carbocycles. The molecule has 0 spiro atoms. The summed E-state index contributed by atoms with van der Waals surface area (Å²) in [6, 6.07) is 0. The number of fused-ring (bicyclic) bond motifs is 5. The van der Waals surface area contributed by atoms with E-state index in [1.54, 1.807) is 5.57 Å². The third-order valence-corrected chi connectivity index (χ3v) is 9.59. The smallest absolute Gasteiger partial charge is 0.155 e. The van der Waals surface area contributed by atoms with E-state index in [1.807, 2.05) is 6.08 Å². The quantitative estimate of drug-likeness (QED) is 0.454. The van der Waals surface area contributed by atoms with Crippen molar-refractivity contribution in [3.63, 3.8) is 0 Å². The lowest BCUT2D eigenvalue weighted by atomic mass is 9.50. The first-order valence-electron chi connectivity index (χ1n) is 11.9. The zero-order valence-corrected chi connectivity index (χ0v) is 19.3. The molecule has 1 nitrogen and oxygen atoms in total. The molecule has 7 atom stereocenters. The lowest BCUT2D eigenvalue weighted by Gasteiger charge is -2.54. The predicted molar refractivity (Wildman–Crippen MR) is 122 cm³/mol. The van der Waals surface area contributed by atoms with Gasteiger partial charge in [0.25, 0.3) is 0 Å². The molecule has 0 aromatic heterocycles. The van der Waals surface area contributed by atoms with E-state index in [0.717, 1.165) is 31.1 Å². The fraction of sp³-hybridized carbons (Fsp3) is 0.679. The van der Waals surface area contributed by atoms with Gasteiger partial charge in [0.2, 0.25) is 0 Å². The van der Waals surface area contributed by atoms with Crippen LogP contribution in [0.15, 0.2) is 47.6 Å². The van der Waals surface area contributed by atoms with Gasteiger partial charge in [0.05, 0.1) is 0 Å². The average Bonchev–Trinajstić information content (AvgIpc) is 3.03. The molecule has 0 aliphatic heterocycles. The Morgan fingerprint density at radius 2 is 1.90 bits per heavy atom. The summed E-state index contributed by atoms with van der Waals surface area (Å²) >= 11 is 0. The molecule has 0 heterocycles. The summed E-state index contributed by atoms with van der Waals surface area (Å²) in [4.78, 5) is 12.0. The topological polar surface area (TPSA) is 17.1 Å². The van der Waals surface area contributed by atoms with E-state index in [9.17, 15) is 4.79 Å². The van der Waals surface area contributed by atoms with E-state index in [1.165, 1.54) is 36.8 Å². The van der Waals surface area contributed by atoms with Gasteiger partial charge in [-0.25, -0.2) is 0 Å². The summed E-state index contributed by atoms with van der Waals surface area (Å²) < 4.78 is 0. The summed E-state index contributed by atoms with van der Waals surface area (Å²) in [7, 11) is 0. The van der Waals surface area contributed by atoms with Gasteiger partial charge in [0.15, 0.2) is 5.78 Å². The lowest BCUT2D eigenvalue weighted by molar-refractivity contribution is -0.116. The molecule has 0 amide bonds. The average molecular weight is 393 g/mol. The molecule has 0 aromatic rings. The van der Waals surface area contributed by atoms with Gasteiger partial charge in [0, 0.05) is 6.42 Å². The Bertz CT molecular complexity index is 795. The highest BCUT2D eigenvalue weighted by Gasteiger charge is 2.56. The van der Waals surface area contributed by atoms with Crippen molar-refractivity contribution in [1.82, 2.24) is 0 Å². The maximum Gasteiger partial charge on any atom is 0.155 e. The fourth-order valence-electron chi connectivity index (χ4n) is 7.40. The van der Waals surface area contributed by atoms with Crippen LogP contribution < -0.4 is 0 Å². The Labute approximate surface area is 178 Å². The molecule has 1 heteroatoms. The summed E-state index contributed by atoms with van der Waals surface area (Å²) in [6.45, 7) is 16.0. The van der Waals surface area contributed by atoms with Crippen molar-refractivity contribution in [3.05, 3.63) is 47.6 Å². The number of hydrogen-bond acceptors (Lipinski definition) is 1. The minimum atomic E-state index is 0.236.